The van der Waals surface area contributed by atoms with E-state index < -0.39 is 6.29 Å². The highest BCUT2D eigenvalue weighted by atomic mass is 16.6. The fraction of sp³-hybridized carbons (Fsp3) is 0.688. The van der Waals surface area contributed by atoms with Crippen molar-refractivity contribution in [1.82, 2.24) is 15.0 Å². The van der Waals surface area contributed by atoms with Gasteiger partial charge in [-0.3, -0.25) is 4.98 Å². The zero-order valence-corrected chi connectivity index (χ0v) is 14.1. The Morgan fingerprint density at radius 3 is 2.96 bits per heavy atom. The molecule has 0 saturated carbocycles. The third kappa shape index (κ3) is 5.14. The van der Waals surface area contributed by atoms with E-state index in [-0.39, 0.29) is 0 Å². The van der Waals surface area contributed by atoms with E-state index in [0.717, 1.165) is 42.9 Å². The molecule has 23 heavy (non-hydrogen) atoms. The van der Waals surface area contributed by atoms with Crippen LogP contribution in [0.3, 0.4) is 0 Å². The smallest absolute Gasteiger partial charge is 0.307 e. The molecule has 0 fully saturated rings. The van der Waals surface area contributed by atoms with Crippen LogP contribution in [-0.4, -0.2) is 40.0 Å². The molecule has 2 aromatic rings. The van der Waals surface area contributed by atoms with Crippen LogP contribution in [0.4, 0.5) is 5.82 Å². The molecule has 0 amide bonds. The number of imidazole rings is 1. The molecule has 0 aliphatic heterocycles. The van der Waals surface area contributed by atoms with Crippen molar-refractivity contribution in [3.63, 3.8) is 0 Å². The number of aliphatic hydroxyl groups is 1. The molecule has 0 spiro atoms. The molecule has 0 bridgehead atoms. The summed E-state index contributed by atoms with van der Waals surface area (Å²) >= 11 is 0. The molecule has 0 aromatic carbocycles. The summed E-state index contributed by atoms with van der Waals surface area (Å²) in [5.74, 6) is 0.800. The van der Waals surface area contributed by atoms with Gasteiger partial charge in [-0.1, -0.05) is 31.2 Å². The highest BCUT2D eigenvalue weighted by Gasteiger charge is 2.15. The molecule has 0 aliphatic rings. The topological polar surface area (TPSA) is 86.9 Å². The van der Waals surface area contributed by atoms with Gasteiger partial charge in [0.15, 0.2) is 24.8 Å². The number of rotatable bonds is 11. The molecule has 0 aliphatic carbocycles. The fourth-order valence-electron chi connectivity index (χ4n) is 2.55. The standard InChI is InChI=1S/C16H27N5O2/c1-3-4-5-6-10-21-12-20-14-15(18-11-19-16(14)21)17-9-7-8-13(22)23-2/h11-13,22H,3-10H2,1-2H3,(H,17,18,19)/p+1. The van der Waals surface area contributed by atoms with Crippen molar-refractivity contribution in [3.8, 4) is 0 Å². The van der Waals surface area contributed by atoms with Crippen LogP contribution in [0.25, 0.3) is 11.2 Å². The van der Waals surface area contributed by atoms with Crippen LogP contribution in [0.5, 0.6) is 0 Å². The van der Waals surface area contributed by atoms with Crippen molar-refractivity contribution in [2.75, 3.05) is 19.0 Å². The first-order valence-electron chi connectivity index (χ1n) is 8.42. The normalized spacial score (nSPS) is 12.7. The summed E-state index contributed by atoms with van der Waals surface area (Å²) in [5, 5.41) is 12.7. The number of unbranched alkanes of at least 4 members (excludes halogenated alkanes) is 3. The summed E-state index contributed by atoms with van der Waals surface area (Å²) in [6.45, 7) is 3.91. The van der Waals surface area contributed by atoms with E-state index in [4.69, 9.17) is 4.74 Å². The quantitative estimate of drug-likeness (QED) is 0.334. The Balaban J connectivity index is 1.92. The first-order chi connectivity index (χ1) is 11.3. The van der Waals surface area contributed by atoms with Crippen molar-refractivity contribution in [2.45, 2.75) is 58.3 Å². The average Bonchev–Trinajstić information content (AvgIpc) is 2.99. The van der Waals surface area contributed by atoms with Crippen molar-refractivity contribution >= 4 is 17.0 Å². The Kier molecular flexibility index (Phi) is 7.22. The molecule has 1 atom stereocenters. The van der Waals surface area contributed by atoms with Gasteiger partial charge < -0.3 is 15.2 Å². The third-order valence-electron chi connectivity index (χ3n) is 3.91. The maximum Gasteiger partial charge on any atom is 0.307 e. The van der Waals surface area contributed by atoms with E-state index in [9.17, 15) is 5.11 Å². The molecule has 1 unspecified atom stereocenters. The van der Waals surface area contributed by atoms with Gasteiger partial charge in [0.1, 0.15) is 0 Å². The number of aromatic amines is 1. The van der Waals surface area contributed by atoms with Gasteiger partial charge in [-0.05, 0) is 19.3 Å². The number of aryl methyl sites for hydroxylation is 1. The molecule has 7 heteroatoms. The van der Waals surface area contributed by atoms with E-state index in [1.807, 2.05) is 6.33 Å². The molecular formula is C16H28N5O2+. The molecule has 2 heterocycles. The lowest BCUT2D eigenvalue weighted by Crippen LogP contribution is -2.32. The second-order valence-electron chi connectivity index (χ2n) is 5.71. The Bertz CT molecular complexity index is 587. The lowest BCUT2D eigenvalue weighted by Gasteiger charge is -2.08. The van der Waals surface area contributed by atoms with Crippen molar-refractivity contribution < 1.29 is 14.4 Å². The lowest BCUT2D eigenvalue weighted by atomic mass is 10.2. The van der Waals surface area contributed by atoms with Crippen LogP contribution < -0.4 is 9.88 Å². The molecule has 0 saturated heterocycles. The second kappa shape index (κ2) is 9.42. The maximum absolute atomic E-state index is 9.37. The van der Waals surface area contributed by atoms with E-state index in [1.165, 1.54) is 26.4 Å². The van der Waals surface area contributed by atoms with Crippen LogP contribution in [0.2, 0.25) is 0 Å². The predicted octanol–water partition coefficient (Wildman–Crippen LogP) is 1.98. The molecule has 7 nitrogen and oxygen atoms in total. The SMILES string of the molecule is CCCCCC[n+]1c[nH]c2c(NCCCC(O)OC)ncnc21. The number of methoxy groups -OCH3 is 1. The number of hydrogen-bond donors (Lipinski definition) is 3. The molecule has 2 aromatic heterocycles. The van der Waals surface area contributed by atoms with Crippen molar-refractivity contribution in [2.24, 2.45) is 0 Å². The summed E-state index contributed by atoms with van der Waals surface area (Å²) in [7, 11) is 1.50. The van der Waals surface area contributed by atoms with Crippen LogP contribution in [-0.2, 0) is 11.3 Å². The molecule has 128 valence electrons. The number of H-pyrrole nitrogens is 1. The van der Waals surface area contributed by atoms with Crippen molar-refractivity contribution in [1.29, 1.82) is 0 Å². The monoisotopic (exact) mass is 322 g/mol. The fourth-order valence-corrected chi connectivity index (χ4v) is 2.55. The largest absolute Gasteiger partial charge is 0.368 e. The number of fused-ring (bicyclic) bond motifs is 1. The van der Waals surface area contributed by atoms with Crippen LogP contribution in [0.15, 0.2) is 12.7 Å². The summed E-state index contributed by atoms with van der Waals surface area (Å²) in [6.07, 6.45) is 9.18. The van der Waals surface area contributed by atoms with Gasteiger partial charge in [0.05, 0.1) is 6.54 Å². The number of aromatic nitrogens is 4. The van der Waals surface area contributed by atoms with Gasteiger partial charge >= 0.3 is 5.65 Å². The minimum atomic E-state index is -0.696. The lowest BCUT2D eigenvalue weighted by molar-refractivity contribution is -0.673. The minimum absolute atomic E-state index is 0.597. The molecular weight excluding hydrogens is 294 g/mol. The maximum atomic E-state index is 9.37. The highest BCUT2D eigenvalue weighted by Crippen LogP contribution is 2.14. The second-order valence-corrected chi connectivity index (χ2v) is 5.71. The number of nitrogens with zero attached hydrogens (tertiary/aromatic N) is 3. The number of aliphatic hydroxyl groups excluding tert-OH is 1. The Labute approximate surface area is 137 Å². The van der Waals surface area contributed by atoms with E-state index in [2.05, 4.69) is 31.8 Å². The first kappa shape index (κ1) is 17.6. The van der Waals surface area contributed by atoms with E-state index in [1.54, 1.807) is 6.33 Å². The Morgan fingerprint density at radius 1 is 1.30 bits per heavy atom. The predicted molar refractivity (Wildman–Crippen MR) is 89.0 cm³/mol. The van der Waals surface area contributed by atoms with Crippen LogP contribution in [0.1, 0.15) is 45.4 Å². The Morgan fingerprint density at radius 2 is 2.17 bits per heavy atom. The third-order valence-corrected chi connectivity index (χ3v) is 3.91. The van der Waals surface area contributed by atoms with Gasteiger partial charge in [0.25, 0.3) is 0 Å². The Hall–Kier alpha value is -1.73. The van der Waals surface area contributed by atoms with Gasteiger partial charge in [0, 0.05) is 13.7 Å². The van der Waals surface area contributed by atoms with Gasteiger partial charge in [-0.15, -0.1) is 0 Å². The highest BCUT2D eigenvalue weighted by molar-refractivity contribution is 5.79. The average molecular weight is 322 g/mol. The zero-order valence-electron chi connectivity index (χ0n) is 14.1. The zero-order chi connectivity index (χ0) is 16.5. The van der Waals surface area contributed by atoms with Crippen LogP contribution >= 0.6 is 0 Å². The van der Waals surface area contributed by atoms with Gasteiger partial charge in [-0.2, -0.15) is 4.98 Å². The van der Waals surface area contributed by atoms with Crippen LogP contribution in [0, 0.1) is 0 Å². The van der Waals surface area contributed by atoms with E-state index in [0.29, 0.717) is 6.42 Å². The summed E-state index contributed by atoms with van der Waals surface area (Å²) in [4.78, 5) is 12.0. The number of nitrogens with one attached hydrogen (secondary N) is 2. The number of ether oxygens (including phenoxy) is 1. The number of hydrogen-bond acceptors (Lipinski definition) is 5. The van der Waals surface area contributed by atoms with E-state index >= 15 is 0 Å². The minimum Gasteiger partial charge on any atom is -0.368 e. The molecule has 2 rings (SSSR count). The summed E-state index contributed by atoms with van der Waals surface area (Å²) < 4.78 is 6.97. The first-order valence-corrected chi connectivity index (χ1v) is 8.42. The summed E-state index contributed by atoms with van der Waals surface area (Å²) in [6, 6.07) is 0. The number of anilines is 1. The molecule has 3 N–H and O–H groups in total. The van der Waals surface area contributed by atoms with Gasteiger partial charge in [-0.25, -0.2) is 4.57 Å². The van der Waals surface area contributed by atoms with Crippen molar-refractivity contribution in [3.05, 3.63) is 12.7 Å². The molecule has 0 radical (unpaired) electrons. The van der Waals surface area contributed by atoms with Gasteiger partial charge in [0.2, 0.25) is 5.52 Å². The summed E-state index contributed by atoms with van der Waals surface area (Å²) in [5.41, 5.74) is 1.85.